The number of likely N-dealkylation sites (N-methyl/N-ethyl adjacent to an activating group) is 1. The van der Waals surface area contributed by atoms with Gasteiger partial charge in [0.05, 0.1) is 13.2 Å². The van der Waals surface area contributed by atoms with Crippen molar-refractivity contribution in [1.82, 2.24) is 4.90 Å². The predicted octanol–water partition coefficient (Wildman–Crippen LogP) is 1.90. The van der Waals surface area contributed by atoms with E-state index in [1.165, 1.54) is 25.8 Å². The van der Waals surface area contributed by atoms with E-state index in [-0.39, 0.29) is 0 Å². The number of rotatable bonds is 4. The van der Waals surface area contributed by atoms with Crippen LogP contribution in [0.25, 0.3) is 0 Å². The van der Waals surface area contributed by atoms with E-state index in [0.717, 1.165) is 19.8 Å². The van der Waals surface area contributed by atoms with E-state index in [0.29, 0.717) is 6.04 Å². The van der Waals surface area contributed by atoms with Gasteiger partial charge in [-0.05, 0) is 13.0 Å². The molecule has 1 fully saturated rings. The van der Waals surface area contributed by atoms with Crippen LogP contribution in [0, 0.1) is 0 Å². The number of unbranched alkanes of at least 4 members (excludes halogenated alkanes) is 1. The third-order valence-electron chi connectivity index (χ3n) is 2.65. The molecule has 2 heteroatoms. The molecule has 0 aromatic carbocycles. The van der Waals surface area contributed by atoms with Crippen LogP contribution in [0.5, 0.6) is 0 Å². The lowest BCUT2D eigenvalue weighted by Crippen LogP contribution is -2.45. The Kier molecular flexibility index (Phi) is 4.62. The number of hydrogen-bond acceptors (Lipinski definition) is 2. The van der Waals surface area contributed by atoms with Crippen LogP contribution in [0.4, 0.5) is 0 Å². The molecule has 1 aliphatic rings. The molecule has 2 nitrogen and oxygen atoms in total. The molecule has 0 N–H and O–H groups in total. The Balaban J connectivity index is 2.26. The van der Waals surface area contributed by atoms with E-state index < -0.39 is 0 Å². The average Bonchev–Trinajstić information content (AvgIpc) is 2.15. The zero-order valence-corrected chi connectivity index (χ0v) is 8.38. The van der Waals surface area contributed by atoms with E-state index in [4.69, 9.17) is 4.74 Å². The Labute approximate surface area is 75.9 Å². The summed E-state index contributed by atoms with van der Waals surface area (Å²) in [5.74, 6) is 0. The first-order chi connectivity index (χ1) is 5.88. The molecule has 1 aliphatic heterocycles. The van der Waals surface area contributed by atoms with Crippen molar-refractivity contribution in [3.63, 3.8) is 0 Å². The summed E-state index contributed by atoms with van der Waals surface area (Å²) in [7, 11) is 0. The van der Waals surface area contributed by atoms with Crippen LogP contribution in [0.15, 0.2) is 0 Å². The van der Waals surface area contributed by atoms with Crippen molar-refractivity contribution < 1.29 is 4.74 Å². The van der Waals surface area contributed by atoms with Crippen LogP contribution in [0.1, 0.15) is 33.1 Å². The smallest absolute Gasteiger partial charge is 0.0622 e. The van der Waals surface area contributed by atoms with Crippen molar-refractivity contribution in [3.8, 4) is 0 Å². The van der Waals surface area contributed by atoms with Gasteiger partial charge >= 0.3 is 0 Å². The number of ether oxygens (including phenoxy) is 1. The topological polar surface area (TPSA) is 12.5 Å². The Hall–Kier alpha value is -0.0800. The molecule has 0 bridgehead atoms. The number of hydrogen-bond donors (Lipinski definition) is 0. The second-order valence-electron chi connectivity index (χ2n) is 3.50. The quantitative estimate of drug-likeness (QED) is 0.640. The SMILES string of the molecule is CCCCC1COCCN1CC. The fourth-order valence-electron chi connectivity index (χ4n) is 1.81. The van der Waals surface area contributed by atoms with Crippen LogP contribution < -0.4 is 0 Å². The summed E-state index contributed by atoms with van der Waals surface area (Å²) < 4.78 is 5.47. The second kappa shape index (κ2) is 5.55. The van der Waals surface area contributed by atoms with E-state index in [1.54, 1.807) is 0 Å². The standard InChI is InChI=1S/C10H21NO/c1-3-5-6-10-9-12-8-7-11(10)4-2/h10H,3-9H2,1-2H3. The van der Waals surface area contributed by atoms with Gasteiger partial charge < -0.3 is 4.74 Å². The molecule has 0 aliphatic carbocycles. The van der Waals surface area contributed by atoms with Crippen molar-refractivity contribution in [2.75, 3.05) is 26.3 Å². The van der Waals surface area contributed by atoms with Crippen LogP contribution in [-0.4, -0.2) is 37.2 Å². The zero-order chi connectivity index (χ0) is 8.81. The van der Waals surface area contributed by atoms with Gasteiger partial charge in [0.25, 0.3) is 0 Å². The molecular weight excluding hydrogens is 150 g/mol. The number of morpholine rings is 1. The Morgan fingerprint density at radius 1 is 1.42 bits per heavy atom. The molecule has 0 radical (unpaired) electrons. The molecule has 1 atom stereocenters. The van der Waals surface area contributed by atoms with E-state index in [1.807, 2.05) is 0 Å². The average molecular weight is 171 g/mol. The van der Waals surface area contributed by atoms with Crippen molar-refractivity contribution >= 4 is 0 Å². The first kappa shape index (κ1) is 10.0. The van der Waals surface area contributed by atoms with Crippen molar-refractivity contribution in [1.29, 1.82) is 0 Å². The maximum atomic E-state index is 5.47. The summed E-state index contributed by atoms with van der Waals surface area (Å²) in [5, 5.41) is 0. The minimum Gasteiger partial charge on any atom is -0.378 e. The van der Waals surface area contributed by atoms with Crippen LogP contribution in [0.3, 0.4) is 0 Å². The highest BCUT2D eigenvalue weighted by Crippen LogP contribution is 2.12. The van der Waals surface area contributed by atoms with Gasteiger partial charge in [0, 0.05) is 12.6 Å². The van der Waals surface area contributed by atoms with E-state index in [2.05, 4.69) is 18.7 Å². The monoisotopic (exact) mass is 171 g/mol. The summed E-state index contributed by atoms with van der Waals surface area (Å²) >= 11 is 0. The van der Waals surface area contributed by atoms with Gasteiger partial charge in [-0.2, -0.15) is 0 Å². The molecule has 1 unspecified atom stereocenters. The molecule has 1 rings (SSSR count). The fourth-order valence-corrected chi connectivity index (χ4v) is 1.81. The Bertz CT molecular complexity index is 116. The molecular formula is C10H21NO. The maximum absolute atomic E-state index is 5.47. The van der Waals surface area contributed by atoms with Gasteiger partial charge in [0.15, 0.2) is 0 Å². The predicted molar refractivity (Wildman–Crippen MR) is 51.4 cm³/mol. The van der Waals surface area contributed by atoms with Gasteiger partial charge in [-0.1, -0.05) is 26.7 Å². The Morgan fingerprint density at radius 3 is 2.92 bits per heavy atom. The Morgan fingerprint density at radius 2 is 2.25 bits per heavy atom. The highest BCUT2D eigenvalue weighted by Gasteiger charge is 2.20. The molecule has 0 spiro atoms. The molecule has 0 amide bonds. The van der Waals surface area contributed by atoms with Gasteiger partial charge in [0.2, 0.25) is 0 Å². The second-order valence-corrected chi connectivity index (χ2v) is 3.50. The van der Waals surface area contributed by atoms with Gasteiger partial charge in [-0.25, -0.2) is 0 Å². The lowest BCUT2D eigenvalue weighted by molar-refractivity contribution is -0.00833. The normalized spacial score (nSPS) is 26.0. The summed E-state index contributed by atoms with van der Waals surface area (Å²) in [4.78, 5) is 2.54. The minimum absolute atomic E-state index is 0.698. The van der Waals surface area contributed by atoms with Crippen molar-refractivity contribution in [2.24, 2.45) is 0 Å². The molecule has 1 heterocycles. The van der Waals surface area contributed by atoms with E-state index >= 15 is 0 Å². The van der Waals surface area contributed by atoms with Crippen molar-refractivity contribution in [3.05, 3.63) is 0 Å². The summed E-state index contributed by atoms with van der Waals surface area (Å²) in [5.41, 5.74) is 0. The summed E-state index contributed by atoms with van der Waals surface area (Å²) in [6.45, 7) is 8.68. The molecule has 1 saturated heterocycles. The van der Waals surface area contributed by atoms with Crippen molar-refractivity contribution in [2.45, 2.75) is 39.2 Å². The fraction of sp³-hybridized carbons (Fsp3) is 1.00. The van der Waals surface area contributed by atoms with Gasteiger partial charge in [0.1, 0.15) is 0 Å². The third kappa shape index (κ3) is 2.76. The lowest BCUT2D eigenvalue weighted by atomic mass is 10.1. The molecule has 0 saturated carbocycles. The van der Waals surface area contributed by atoms with E-state index in [9.17, 15) is 0 Å². The molecule has 0 aromatic heterocycles. The highest BCUT2D eigenvalue weighted by atomic mass is 16.5. The largest absolute Gasteiger partial charge is 0.378 e. The van der Waals surface area contributed by atoms with Crippen LogP contribution >= 0.6 is 0 Å². The lowest BCUT2D eigenvalue weighted by Gasteiger charge is -2.34. The molecule has 12 heavy (non-hydrogen) atoms. The highest BCUT2D eigenvalue weighted by molar-refractivity contribution is 4.73. The summed E-state index contributed by atoms with van der Waals surface area (Å²) in [6.07, 6.45) is 3.95. The van der Waals surface area contributed by atoms with Gasteiger partial charge in [-0.3, -0.25) is 4.90 Å². The first-order valence-corrected chi connectivity index (χ1v) is 5.20. The first-order valence-electron chi connectivity index (χ1n) is 5.20. The third-order valence-corrected chi connectivity index (χ3v) is 2.65. The maximum Gasteiger partial charge on any atom is 0.0622 e. The number of nitrogens with zero attached hydrogens (tertiary/aromatic N) is 1. The molecule has 72 valence electrons. The zero-order valence-electron chi connectivity index (χ0n) is 8.38. The summed E-state index contributed by atoms with van der Waals surface area (Å²) in [6, 6.07) is 0.698. The van der Waals surface area contributed by atoms with Crippen LogP contribution in [0.2, 0.25) is 0 Å². The minimum atomic E-state index is 0.698. The van der Waals surface area contributed by atoms with Crippen LogP contribution in [-0.2, 0) is 4.74 Å². The molecule has 0 aromatic rings. The van der Waals surface area contributed by atoms with Gasteiger partial charge in [-0.15, -0.1) is 0 Å².